The predicted octanol–water partition coefficient (Wildman–Crippen LogP) is 3.05. The molecular formula is C21H21NO4. The Morgan fingerprint density at radius 3 is 2.58 bits per heavy atom. The molecule has 0 saturated carbocycles. The van der Waals surface area contributed by atoms with Gasteiger partial charge in [-0.3, -0.25) is 4.79 Å². The molecule has 2 aromatic carbocycles. The number of carbonyl (C=O) groups is 2. The van der Waals surface area contributed by atoms with E-state index >= 15 is 0 Å². The molecule has 0 radical (unpaired) electrons. The van der Waals surface area contributed by atoms with Crippen LogP contribution in [-0.4, -0.2) is 36.5 Å². The second-order valence-corrected chi connectivity index (χ2v) is 5.97. The van der Waals surface area contributed by atoms with Crippen LogP contribution in [0.5, 0.6) is 5.75 Å². The molecule has 0 bridgehead atoms. The molecule has 0 aliphatic carbocycles. The van der Waals surface area contributed by atoms with E-state index in [-0.39, 0.29) is 19.1 Å². The van der Waals surface area contributed by atoms with E-state index in [1.807, 2.05) is 61.5 Å². The summed E-state index contributed by atoms with van der Waals surface area (Å²) in [6, 6.07) is 17.2. The minimum absolute atomic E-state index is 0.144. The molecule has 0 unspecified atom stereocenters. The third kappa shape index (κ3) is 4.30. The monoisotopic (exact) mass is 351 g/mol. The molecule has 0 N–H and O–H groups in total. The summed E-state index contributed by atoms with van der Waals surface area (Å²) in [4.78, 5) is 26.3. The summed E-state index contributed by atoms with van der Waals surface area (Å²) in [5.74, 6) is -0.00815. The zero-order valence-electron chi connectivity index (χ0n) is 14.7. The summed E-state index contributed by atoms with van der Waals surface area (Å²) in [6.45, 7) is 2.80. The van der Waals surface area contributed by atoms with Crippen LogP contribution in [0.4, 0.5) is 0 Å². The van der Waals surface area contributed by atoms with Crippen molar-refractivity contribution in [1.29, 1.82) is 0 Å². The van der Waals surface area contributed by atoms with E-state index in [2.05, 4.69) is 0 Å². The van der Waals surface area contributed by atoms with Crippen LogP contribution in [0.2, 0.25) is 0 Å². The van der Waals surface area contributed by atoms with Crippen molar-refractivity contribution in [1.82, 2.24) is 4.90 Å². The smallest absolute Gasteiger partial charge is 0.338 e. The van der Waals surface area contributed by atoms with Crippen LogP contribution < -0.4 is 4.74 Å². The zero-order valence-corrected chi connectivity index (χ0v) is 14.7. The first-order chi connectivity index (χ1) is 12.7. The highest BCUT2D eigenvalue weighted by Gasteiger charge is 2.20. The summed E-state index contributed by atoms with van der Waals surface area (Å²) in [5.41, 5.74) is 2.27. The number of para-hydroxylation sites is 1. The van der Waals surface area contributed by atoms with Gasteiger partial charge in [0.1, 0.15) is 12.4 Å². The first-order valence-corrected chi connectivity index (χ1v) is 8.58. The third-order valence-corrected chi connectivity index (χ3v) is 4.17. The molecule has 0 atom stereocenters. The van der Waals surface area contributed by atoms with Gasteiger partial charge in [0.2, 0.25) is 0 Å². The molecule has 3 rings (SSSR count). The number of nitrogens with zero attached hydrogens (tertiary/aromatic N) is 1. The lowest BCUT2D eigenvalue weighted by atomic mass is 10.1. The summed E-state index contributed by atoms with van der Waals surface area (Å²) >= 11 is 0. The van der Waals surface area contributed by atoms with Gasteiger partial charge in [-0.05, 0) is 24.6 Å². The molecule has 0 saturated heterocycles. The van der Waals surface area contributed by atoms with Crippen LogP contribution in [0.1, 0.15) is 18.1 Å². The Balaban J connectivity index is 1.57. The first-order valence-electron chi connectivity index (χ1n) is 8.58. The number of rotatable bonds is 6. The average Bonchev–Trinajstić information content (AvgIpc) is 2.70. The van der Waals surface area contributed by atoms with E-state index < -0.39 is 5.97 Å². The number of fused-ring (bicyclic) bond motifs is 1. The van der Waals surface area contributed by atoms with Crippen molar-refractivity contribution in [3.63, 3.8) is 0 Å². The van der Waals surface area contributed by atoms with Crippen molar-refractivity contribution in [2.24, 2.45) is 0 Å². The van der Waals surface area contributed by atoms with Gasteiger partial charge in [-0.1, -0.05) is 48.5 Å². The Morgan fingerprint density at radius 1 is 1.08 bits per heavy atom. The molecule has 0 aromatic heterocycles. The molecule has 1 heterocycles. The maximum atomic E-state index is 12.4. The van der Waals surface area contributed by atoms with Crippen LogP contribution in [-0.2, 0) is 20.9 Å². The lowest BCUT2D eigenvalue weighted by molar-refractivity contribution is -0.149. The summed E-state index contributed by atoms with van der Waals surface area (Å²) in [6.07, 6.45) is 1.74. The molecular weight excluding hydrogens is 330 g/mol. The van der Waals surface area contributed by atoms with Crippen molar-refractivity contribution in [3.05, 3.63) is 71.3 Å². The topological polar surface area (TPSA) is 55.8 Å². The molecule has 5 heteroatoms. The molecule has 1 aliphatic rings. The number of ether oxygens (including phenoxy) is 2. The SMILES string of the molecule is CCN(Cc1ccccc1)C(=O)COC(=O)C1=Cc2ccccc2OC1. The molecule has 5 nitrogen and oxygen atoms in total. The van der Waals surface area contributed by atoms with Crippen molar-refractivity contribution < 1.29 is 19.1 Å². The molecule has 1 aliphatic heterocycles. The molecule has 1 amide bonds. The van der Waals surface area contributed by atoms with Gasteiger partial charge in [0.25, 0.3) is 5.91 Å². The van der Waals surface area contributed by atoms with Gasteiger partial charge < -0.3 is 14.4 Å². The number of likely N-dealkylation sites (N-methyl/N-ethyl adjacent to an activating group) is 1. The average molecular weight is 351 g/mol. The van der Waals surface area contributed by atoms with E-state index in [9.17, 15) is 9.59 Å². The summed E-state index contributed by atoms with van der Waals surface area (Å²) < 4.78 is 10.7. The molecule has 0 spiro atoms. The van der Waals surface area contributed by atoms with Gasteiger partial charge in [-0.2, -0.15) is 0 Å². The zero-order chi connectivity index (χ0) is 18.4. The second kappa shape index (κ2) is 8.34. The summed E-state index contributed by atoms with van der Waals surface area (Å²) in [7, 11) is 0. The number of esters is 1. The number of hydrogen-bond acceptors (Lipinski definition) is 4. The van der Waals surface area contributed by atoms with E-state index in [0.29, 0.717) is 18.7 Å². The lowest BCUT2D eigenvalue weighted by Crippen LogP contribution is -2.34. The van der Waals surface area contributed by atoms with Gasteiger partial charge in [0, 0.05) is 18.7 Å². The Labute approximate surface area is 152 Å². The minimum Gasteiger partial charge on any atom is -0.488 e. The maximum Gasteiger partial charge on any atom is 0.338 e. The molecule has 0 fully saturated rings. The Morgan fingerprint density at radius 2 is 1.81 bits per heavy atom. The Bertz CT molecular complexity index is 814. The fourth-order valence-corrected chi connectivity index (χ4v) is 2.73. The van der Waals surface area contributed by atoms with Crippen LogP contribution >= 0.6 is 0 Å². The quantitative estimate of drug-likeness (QED) is 0.751. The van der Waals surface area contributed by atoms with Gasteiger partial charge in [0.05, 0.1) is 5.57 Å². The van der Waals surface area contributed by atoms with Crippen LogP contribution in [0, 0.1) is 0 Å². The fraction of sp³-hybridized carbons (Fsp3) is 0.238. The maximum absolute atomic E-state index is 12.4. The van der Waals surface area contributed by atoms with E-state index in [1.54, 1.807) is 11.0 Å². The normalized spacial score (nSPS) is 12.4. The number of carbonyl (C=O) groups excluding carboxylic acids is 2. The highest BCUT2D eigenvalue weighted by atomic mass is 16.5. The van der Waals surface area contributed by atoms with Gasteiger partial charge in [0.15, 0.2) is 6.61 Å². The number of benzene rings is 2. The number of amides is 1. The van der Waals surface area contributed by atoms with Gasteiger partial charge in [-0.25, -0.2) is 4.79 Å². The molecule has 2 aromatic rings. The van der Waals surface area contributed by atoms with Crippen LogP contribution in [0.15, 0.2) is 60.2 Å². The van der Waals surface area contributed by atoms with E-state index in [1.165, 1.54) is 0 Å². The molecule has 26 heavy (non-hydrogen) atoms. The van der Waals surface area contributed by atoms with Crippen molar-refractivity contribution in [3.8, 4) is 5.75 Å². The second-order valence-electron chi connectivity index (χ2n) is 5.97. The third-order valence-electron chi connectivity index (χ3n) is 4.17. The predicted molar refractivity (Wildman–Crippen MR) is 98.4 cm³/mol. The highest BCUT2D eigenvalue weighted by Crippen LogP contribution is 2.26. The first kappa shape index (κ1) is 17.7. The Hall–Kier alpha value is -3.08. The lowest BCUT2D eigenvalue weighted by Gasteiger charge is -2.21. The standard InChI is InChI=1S/C21H21NO4/c1-2-22(13-16-8-4-3-5-9-16)20(23)15-26-21(24)18-12-17-10-6-7-11-19(17)25-14-18/h3-12H,2,13-15H2,1H3. The Kier molecular flexibility index (Phi) is 5.69. The summed E-state index contributed by atoms with van der Waals surface area (Å²) in [5, 5.41) is 0. The van der Waals surface area contributed by atoms with Crippen LogP contribution in [0.25, 0.3) is 6.08 Å². The molecule has 134 valence electrons. The largest absolute Gasteiger partial charge is 0.488 e. The minimum atomic E-state index is -0.524. The fourth-order valence-electron chi connectivity index (χ4n) is 2.73. The van der Waals surface area contributed by atoms with Crippen molar-refractivity contribution in [2.75, 3.05) is 19.8 Å². The van der Waals surface area contributed by atoms with Gasteiger partial charge >= 0.3 is 5.97 Å². The van der Waals surface area contributed by atoms with Crippen LogP contribution in [0.3, 0.4) is 0 Å². The van der Waals surface area contributed by atoms with E-state index in [0.717, 1.165) is 16.9 Å². The highest BCUT2D eigenvalue weighted by molar-refractivity contribution is 5.96. The number of hydrogen-bond donors (Lipinski definition) is 0. The van der Waals surface area contributed by atoms with Gasteiger partial charge in [-0.15, -0.1) is 0 Å². The van der Waals surface area contributed by atoms with Crippen molar-refractivity contribution in [2.45, 2.75) is 13.5 Å². The van der Waals surface area contributed by atoms with Crippen molar-refractivity contribution >= 4 is 18.0 Å². The van der Waals surface area contributed by atoms with E-state index in [4.69, 9.17) is 9.47 Å².